The summed E-state index contributed by atoms with van der Waals surface area (Å²) in [6.07, 6.45) is 4.42. The normalized spacial score (nSPS) is 15.3. The highest BCUT2D eigenvalue weighted by atomic mass is 16.5. The molecule has 0 fully saturated rings. The molecule has 0 aromatic carbocycles. The molecule has 0 radical (unpaired) electrons. The van der Waals surface area contributed by atoms with Gasteiger partial charge in [-0.1, -0.05) is 6.82 Å². The van der Waals surface area contributed by atoms with E-state index < -0.39 is 11.2 Å². The second-order valence-corrected chi connectivity index (χ2v) is 7.61. The van der Waals surface area contributed by atoms with E-state index in [1.165, 1.54) is 24.0 Å². The van der Waals surface area contributed by atoms with Crippen molar-refractivity contribution in [1.82, 2.24) is 4.98 Å². The lowest BCUT2D eigenvalue weighted by Crippen LogP contribution is -2.53. The van der Waals surface area contributed by atoms with Crippen molar-refractivity contribution in [2.45, 2.75) is 78.3 Å². The molecular formula is C18H30BNO3. The lowest BCUT2D eigenvalue weighted by atomic mass is 9.58. The number of methoxy groups -OCH3 is 1. The molecule has 0 bridgehead atoms. The molecule has 0 unspecified atom stereocenters. The third-order valence-electron chi connectivity index (χ3n) is 5.25. The van der Waals surface area contributed by atoms with Gasteiger partial charge in [0.25, 0.3) is 0 Å². The van der Waals surface area contributed by atoms with Crippen molar-refractivity contribution in [3.63, 3.8) is 0 Å². The zero-order valence-electron chi connectivity index (χ0n) is 15.6. The second-order valence-electron chi connectivity index (χ2n) is 7.61. The van der Waals surface area contributed by atoms with Crippen molar-refractivity contribution >= 4 is 12.4 Å². The van der Waals surface area contributed by atoms with Gasteiger partial charge in [-0.2, -0.15) is 0 Å². The van der Waals surface area contributed by atoms with Gasteiger partial charge in [-0.05, 0) is 71.3 Å². The summed E-state index contributed by atoms with van der Waals surface area (Å²) in [5, 5.41) is 10.4. The third kappa shape index (κ3) is 3.56. The quantitative estimate of drug-likeness (QED) is 0.848. The molecule has 1 heterocycles. The number of hydrogen-bond donors (Lipinski definition) is 1. The van der Waals surface area contributed by atoms with Crippen LogP contribution in [0.5, 0.6) is 5.88 Å². The van der Waals surface area contributed by atoms with Crippen LogP contribution in [0.4, 0.5) is 0 Å². The highest BCUT2D eigenvalue weighted by Crippen LogP contribution is 2.30. The largest absolute Gasteiger partial charge is 0.481 e. The monoisotopic (exact) mass is 319 g/mol. The van der Waals surface area contributed by atoms with Crippen molar-refractivity contribution in [3.05, 3.63) is 16.8 Å². The Balaban J connectivity index is 2.43. The Hall–Kier alpha value is -1.07. The first-order valence-corrected chi connectivity index (χ1v) is 8.55. The van der Waals surface area contributed by atoms with Gasteiger partial charge in [-0.15, -0.1) is 0 Å². The van der Waals surface area contributed by atoms with Crippen LogP contribution in [0.2, 0.25) is 6.82 Å². The number of fused-ring (bicyclic) bond motifs is 1. The molecule has 4 nitrogen and oxygen atoms in total. The van der Waals surface area contributed by atoms with Crippen molar-refractivity contribution in [1.29, 1.82) is 0 Å². The highest BCUT2D eigenvalue weighted by molar-refractivity contribution is 6.67. The fourth-order valence-electron chi connectivity index (χ4n) is 3.29. The smallest absolute Gasteiger partial charge is 0.326 e. The van der Waals surface area contributed by atoms with Crippen molar-refractivity contribution < 1.29 is 14.5 Å². The van der Waals surface area contributed by atoms with Crippen LogP contribution in [0.15, 0.2) is 0 Å². The maximum Gasteiger partial charge on any atom is 0.326 e. The van der Waals surface area contributed by atoms with Gasteiger partial charge in [0.15, 0.2) is 0 Å². The maximum atomic E-state index is 10.4. The molecule has 0 amide bonds. The zero-order valence-corrected chi connectivity index (χ0v) is 15.6. The highest BCUT2D eigenvalue weighted by Gasteiger charge is 2.39. The average Bonchev–Trinajstić information content (AvgIpc) is 2.44. The summed E-state index contributed by atoms with van der Waals surface area (Å²) in [7, 11) is 1.69. The van der Waals surface area contributed by atoms with Gasteiger partial charge in [0.05, 0.1) is 18.3 Å². The van der Waals surface area contributed by atoms with Crippen LogP contribution in [0.25, 0.3) is 0 Å². The molecule has 1 N–H and O–H groups in total. The molecule has 0 atom stereocenters. The van der Waals surface area contributed by atoms with Gasteiger partial charge in [0.2, 0.25) is 5.88 Å². The number of aryl methyl sites for hydroxylation is 1. The minimum atomic E-state index is -0.922. The molecule has 23 heavy (non-hydrogen) atoms. The van der Waals surface area contributed by atoms with Crippen molar-refractivity contribution in [2.24, 2.45) is 0 Å². The maximum absolute atomic E-state index is 10.4. The molecule has 0 spiro atoms. The van der Waals surface area contributed by atoms with Crippen LogP contribution < -0.4 is 10.2 Å². The first kappa shape index (κ1) is 18.3. The van der Waals surface area contributed by atoms with E-state index in [4.69, 9.17) is 9.39 Å². The Morgan fingerprint density at radius 2 is 1.65 bits per heavy atom. The summed E-state index contributed by atoms with van der Waals surface area (Å²) in [6.45, 7) is 11.4. The van der Waals surface area contributed by atoms with Crippen LogP contribution in [-0.4, -0.2) is 35.3 Å². The predicted octanol–water partition coefficient (Wildman–Crippen LogP) is 2.67. The molecule has 2 rings (SSSR count). The number of rotatable bonds is 5. The SMILES string of the molecule is COc1nc(C)c(B(C)OC(C)(C)C(C)(C)O)c2c1CCCC2. The molecule has 1 aliphatic rings. The summed E-state index contributed by atoms with van der Waals surface area (Å²) in [5.41, 5.74) is 3.12. The van der Waals surface area contributed by atoms with Crippen LogP contribution in [0.1, 0.15) is 57.4 Å². The van der Waals surface area contributed by atoms with E-state index in [9.17, 15) is 5.11 Å². The molecule has 1 aliphatic carbocycles. The number of hydrogen-bond acceptors (Lipinski definition) is 4. The molecule has 0 saturated carbocycles. The minimum absolute atomic E-state index is 0.123. The summed E-state index contributed by atoms with van der Waals surface area (Å²) in [5.74, 6) is 0.759. The topological polar surface area (TPSA) is 51.6 Å². The lowest BCUT2D eigenvalue weighted by Gasteiger charge is -2.40. The summed E-state index contributed by atoms with van der Waals surface area (Å²) in [4.78, 5) is 4.65. The Labute approximate surface area is 140 Å². The van der Waals surface area contributed by atoms with Crippen LogP contribution in [-0.2, 0) is 17.5 Å². The first-order chi connectivity index (χ1) is 10.6. The van der Waals surface area contributed by atoms with E-state index in [1.54, 1.807) is 21.0 Å². The van der Waals surface area contributed by atoms with E-state index in [-0.39, 0.29) is 6.92 Å². The van der Waals surface area contributed by atoms with E-state index in [0.717, 1.165) is 29.9 Å². The molecule has 0 saturated heterocycles. The minimum Gasteiger partial charge on any atom is -0.481 e. The number of nitrogens with zero attached hydrogens (tertiary/aromatic N) is 1. The van der Waals surface area contributed by atoms with Gasteiger partial charge in [0, 0.05) is 11.3 Å². The molecule has 1 aromatic rings. The lowest BCUT2D eigenvalue weighted by molar-refractivity contribution is -0.0918. The van der Waals surface area contributed by atoms with E-state index in [2.05, 4.69) is 11.8 Å². The number of ether oxygens (including phenoxy) is 1. The van der Waals surface area contributed by atoms with Crippen molar-refractivity contribution in [2.75, 3.05) is 7.11 Å². The average molecular weight is 319 g/mol. The Morgan fingerprint density at radius 1 is 1.09 bits per heavy atom. The second kappa shape index (κ2) is 6.44. The zero-order chi connectivity index (χ0) is 17.4. The Bertz CT molecular complexity index is 579. The fourth-order valence-corrected chi connectivity index (χ4v) is 3.29. The first-order valence-electron chi connectivity index (χ1n) is 8.55. The van der Waals surface area contributed by atoms with E-state index >= 15 is 0 Å². The molecular weight excluding hydrogens is 289 g/mol. The molecule has 1 aromatic heterocycles. The summed E-state index contributed by atoms with van der Waals surface area (Å²) >= 11 is 0. The third-order valence-corrected chi connectivity index (χ3v) is 5.25. The van der Waals surface area contributed by atoms with Crippen molar-refractivity contribution in [3.8, 4) is 5.88 Å². The summed E-state index contributed by atoms with van der Waals surface area (Å²) < 4.78 is 11.8. The Kier molecular flexibility index (Phi) is 5.12. The van der Waals surface area contributed by atoms with E-state index in [0.29, 0.717) is 0 Å². The standard InChI is InChI=1S/C18H30BNO3/c1-12-15(19(6)23-18(4,5)17(2,3)21)13-10-8-9-11-14(13)16(20-12)22-7/h21H,8-11H2,1-7H3. The van der Waals surface area contributed by atoms with Crippen LogP contribution in [0.3, 0.4) is 0 Å². The van der Waals surface area contributed by atoms with Gasteiger partial charge >= 0.3 is 6.92 Å². The molecule has 128 valence electrons. The van der Waals surface area contributed by atoms with Gasteiger partial charge < -0.3 is 14.5 Å². The van der Waals surface area contributed by atoms with Gasteiger partial charge in [-0.3, -0.25) is 0 Å². The van der Waals surface area contributed by atoms with Crippen LogP contribution >= 0.6 is 0 Å². The van der Waals surface area contributed by atoms with Gasteiger partial charge in [0.1, 0.15) is 0 Å². The Morgan fingerprint density at radius 3 is 2.17 bits per heavy atom. The fraction of sp³-hybridized carbons (Fsp3) is 0.722. The summed E-state index contributed by atoms with van der Waals surface area (Å²) in [6, 6.07) is 0. The van der Waals surface area contributed by atoms with Crippen LogP contribution in [0, 0.1) is 6.92 Å². The number of pyridine rings is 1. The number of aliphatic hydroxyl groups is 1. The predicted molar refractivity (Wildman–Crippen MR) is 94.9 cm³/mol. The molecule has 0 aliphatic heterocycles. The number of aromatic nitrogens is 1. The van der Waals surface area contributed by atoms with Gasteiger partial charge in [-0.25, -0.2) is 4.98 Å². The van der Waals surface area contributed by atoms with E-state index in [1.807, 2.05) is 20.8 Å². The molecule has 5 heteroatoms.